The molecule has 0 aromatic rings. The van der Waals surface area contributed by atoms with Crippen LogP contribution in [0.1, 0.15) is 32.6 Å². The van der Waals surface area contributed by atoms with E-state index >= 15 is 0 Å². The maximum absolute atomic E-state index is 2.55. The van der Waals surface area contributed by atoms with Crippen molar-refractivity contribution in [3.8, 4) is 0 Å². The van der Waals surface area contributed by atoms with Gasteiger partial charge in [-0.3, -0.25) is 0 Å². The third-order valence-corrected chi connectivity index (χ3v) is 3.30. The third-order valence-electron chi connectivity index (χ3n) is 3.30. The molecule has 2 rings (SSSR count). The molecule has 2 atom stereocenters. The summed E-state index contributed by atoms with van der Waals surface area (Å²) in [5, 5.41) is 0. The number of hydrogen-bond donors (Lipinski definition) is 0. The lowest BCUT2D eigenvalue weighted by molar-refractivity contribution is 0.273. The molecule has 1 nitrogen and oxygen atoms in total. The van der Waals surface area contributed by atoms with Gasteiger partial charge in [-0.2, -0.15) is 0 Å². The monoisotopic (exact) mass is 139 g/mol. The van der Waals surface area contributed by atoms with Crippen LogP contribution in [0, 0.1) is 5.41 Å². The summed E-state index contributed by atoms with van der Waals surface area (Å²) >= 11 is 0. The van der Waals surface area contributed by atoms with Crippen LogP contribution in [0.5, 0.6) is 0 Å². The Bertz CT molecular complexity index is 140. The molecule has 2 aliphatic rings. The standard InChI is InChI=1S/C9H17N/c1-9-5-3-4-8(6-9)10(2)7-9/h8H,3-7H2,1-2H3. The first-order chi connectivity index (χ1) is 4.70. The van der Waals surface area contributed by atoms with Crippen LogP contribution in [0.2, 0.25) is 0 Å². The van der Waals surface area contributed by atoms with Crippen LogP contribution in [0.3, 0.4) is 0 Å². The molecule has 2 unspecified atom stereocenters. The highest BCUT2D eigenvalue weighted by atomic mass is 15.2. The topological polar surface area (TPSA) is 3.24 Å². The minimum Gasteiger partial charge on any atom is -0.303 e. The molecular formula is C9H17N. The fraction of sp³-hybridized carbons (Fsp3) is 1.00. The van der Waals surface area contributed by atoms with Crippen molar-refractivity contribution in [2.24, 2.45) is 5.41 Å². The van der Waals surface area contributed by atoms with E-state index in [1.165, 1.54) is 32.2 Å². The first-order valence-corrected chi connectivity index (χ1v) is 4.40. The van der Waals surface area contributed by atoms with E-state index in [1.54, 1.807) is 0 Å². The SMILES string of the molecule is CN1CC2(C)CCCC1C2. The van der Waals surface area contributed by atoms with E-state index in [4.69, 9.17) is 0 Å². The minimum atomic E-state index is 0.692. The van der Waals surface area contributed by atoms with E-state index in [-0.39, 0.29) is 0 Å². The van der Waals surface area contributed by atoms with Gasteiger partial charge >= 0.3 is 0 Å². The van der Waals surface area contributed by atoms with Gasteiger partial charge in [0.05, 0.1) is 0 Å². The van der Waals surface area contributed by atoms with Crippen molar-refractivity contribution < 1.29 is 0 Å². The summed E-state index contributed by atoms with van der Waals surface area (Å²) in [5.74, 6) is 0. The third kappa shape index (κ3) is 0.878. The van der Waals surface area contributed by atoms with Crippen LogP contribution in [-0.2, 0) is 0 Å². The Morgan fingerprint density at radius 1 is 1.50 bits per heavy atom. The number of fused-ring (bicyclic) bond motifs is 2. The summed E-state index contributed by atoms with van der Waals surface area (Å²) in [4.78, 5) is 2.55. The molecule has 58 valence electrons. The Kier molecular flexibility index (Phi) is 1.31. The van der Waals surface area contributed by atoms with E-state index in [2.05, 4.69) is 18.9 Å². The molecule has 1 saturated heterocycles. The molecular weight excluding hydrogens is 122 g/mol. The van der Waals surface area contributed by atoms with Crippen molar-refractivity contribution in [1.82, 2.24) is 4.90 Å². The van der Waals surface area contributed by atoms with Crippen molar-refractivity contribution >= 4 is 0 Å². The van der Waals surface area contributed by atoms with Crippen molar-refractivity contribution in [3.63, 3.8) is 0 Å². The molecule has 2 fully saturated rings. The highest BCUT2D eigenvalue weighted by Gasteiger charge is 2.41. The van der Waals surface area contributed by atoms with Crippen LogP contribution in [0.15, 0.2) is 0 Å². The molecule has 1 aliphatic carbocycles. The minimum absolute atomic E-state index is 0.692. The van der Waals surface area contributed by atoms with E-state index in [1.807, 2.05) is 0 Å². The predicted octanol–water partition coefficient (Wildman–Crippen LogP) is 1.88. The molecule has 1 saturated carbocycles. The molecule has 0 aromatic heterocycles. The molecule has 0 amide bonds. The van der Waals surface area contributed by atoms with E-state index in [0.717, 1.165) is 6.04 Å². The molecule has 0 spiro atoms. The molecule has 10 heavy (non-hydrogen) atoms. The van der Waals surface area contributed by atoms with Crippen molar-refractivity contribution in [1.29, 1.82) is 0 Å². The van der Waals surface area contributed by atoms with Gasteiger partial charge < -0.3 is 4.90 Å². The lowest BCUT2D eigenvalue weighted by Gasteiger charge is -2.27. The Hall–Kier alpha value is -0.0400. The summed E-state index contributed by atoms with van der Waals surface area (Å²) in [6, 6.07) is 0.929. The van der Waals surface area contributed by atoms with Gasteiger partial charge in [0.15, 0.2) is 0 Å². The molecule has 1 heteroatoms. The van der Waals surface area contributed by atoms with Gasteiger partial charge in [0.2, 0.25) is 0 Å². The molecule has 0 aromatic carbocycles. The summed E-state index contributed by atoms with van der Waals surface area (Å²) in [6.45, 7) is 3.79. The van der Waals surface area contributed by atoms with Crippen LogP contribution in [-0.4, -0.2) is 24.5 Å². The average Bonchev–Trinajstić information content (AvgIpc) is 2.03. The van der Waals surface area contributed by atoms with Gasteiger partial charge in [0.25, 0.3) is 0 Å². The molecule has 1 heterocycles. The lowest BCUT2D eigenvalue weighted by Crippen LogP contribution is -2.23. The zero-order chi connectivity index (χ0) is 7.19. The summed E-state index contributed by atoms with van der Waals surface area (Å²) in [6.07, 6.45) is 5.84. The number of nitrogens with zero attached hydrogens (tertiary/aromatic N) is 1. The van der Waals surface area contributed by atoms with Gasteiger partial charge in [-0.15, -0.1) is 0 Å². The molecule has 0 N–H and O–H groups in total. The largest absolute Gasteiger partial charge is 0.303 e. The van der Waals surface area contributed by atoms with E-state index in [0.29, 0.717) is 5.41 Å². The lowest BCUT2D eigenvalue weighted by atomic mass is 9.78. The fourth-order valence-corrected chi connectivity index (χ4v) is 2.79. The molecule has 2 bridgehead atoms. The Balaban J connectivity index is 2.16. The molecule has 0 radical (unpaired) electrons. The average molecular weight is 139 g/mol. The Morgan fingerprint density at radius 2 is 2.30 bits per heavy atom. The Morgan fingerprint density at radius 3 is 2.90 bits per heavy atom. The highest BCUT2D eigenvalue weighted by Crippen LogP contribution is 2.43. The predicted molar refractivity (Wildman–Crippen MR) is 43.0 cm³/mol. The fourth-order valence-electron chi connectivity index (χ4n) is 2.79. The molecule has 1 aliphatic heterocycles. The van der Waals surface area contributed by atoms with Crippen molar-refractivity contribution in [2.45, 2.75) is 38.6 Å². The normalized spacial score (nSPS) is 48.0. The van der Waals surface area contributed by atoms with Crippen LogP contribution >= 0.6 is 0 Å². The quantitative estimate of drug-likeness (QED) is 0.495. The van der Waals surface area contributed by atoms with Crippen LogP contribution in [0.25, 0.3) is 0 Å². The van der Waals surface area contributed by atoms with Crippen LogP contribution < -0.4 is 0 Å². The van der Waals surface area contributed by atoms with Gasteiger partial charge in [0.1, 0.15) is 0 Å². The van der Waals surface area contributed by atoms with Gasteiger partial charge in [-0.25, -0.2) is 0 Å². The maximum Gasteiger partial charge on any atom is 0.00981 e. The van der Waals surface area contributed by atoms with Crippen LogP contribution in [0.4, 0.5) is 0 Å². The van der Waals surface area contributed by atoms with Gasteiger partial charge in [0, 0.05) is 12.6 Å². The highest BCUT2D eigenvalue weighted by molar-refractivity contribution is 4.95. The second kappa shape index (κ2) is 1.97. The summed E-state index contributed by atoms with van der Waals surface area (Å²) < 4.78 is 0. The van der Waals surface area contributed by atoms with Crippen molar-refractivity contribution in [2.75, 3.05) is 13.6 Å². The number of likely N-dealkylation sites (tertiary alicyclic amines) is 1. The maximum atomic E-state index is 2.55. The smallest absolute Gasteiger partial charge is 0.00981 e. The van der Waals surface area contributed by atoms with E-state index in [9.17, 15) is 0 Å². The summed E-state index contributed by atoms with van der Waals surface area (Å²) in [7, 11) is 2.28. The zero-order valence-corrected chi connectivity index (χ0v) is 7.06. The zero-order valence-electron chi connectivity index (χ0n) is 7.06. The first kappa shape index (κ1) is 6.66. The second-order valence-corrected chi connectivity index (χ2v) is 4.48. The second-order valence-electron chi connectivity index (χ2n) is 4.48. The van der Waals surface area contributed by atoms with Gasteiger partial charge in [-0.1, -0.05) is 13.3 Å². The van der Waals surface area contributed by atoms with Gasteiger partial charge in [-0.05, 0) is 31.7 Å². The van der Waals surface area contributed by atoms with Crippen molar-refractivity contribution in [3.05, 3.63) is 0 Å². The number of rotatable bonds is 0. The first-order valence-electron chi connectivity index (χ1n) is 4.40. The van der Waals surface area contributed by atoms with E-state index < -0.39 is 0 Å². The summed E-state index contributed by atoms with van der Waals surface area (Å²) in [5.41, 5.74) is 0.692. The Labute approximate surface area is 63.4 Å². The number of hydrogen-bond acceptors (Lipinski definition) is 1.